The Morgan fingerprint density at radius 3 is 2.50 bits per heavy atom. The average molecular weight is 193 g/mol. The lowest BCUT2D eigenvalue weighted by molar-refractivity contribution is 0.276. The van der Waals surface area contributed by atoms with Gasteiger partial charge in [-0.2, -0.15) is 10.2 Å². The Morgan fingerprint density at radius 2 is 2.07 bits per heavy atom. The highest BCUT2D eigenvalue weighted by Gasteiger charge is 2.25. The van der Waals surface area contributed by atoms with Gasteiger partial charge in [-0.15, -0.1) is 0 Å². The van der Waals surface area contributed by atoms with Gasteiger partial charge in [0, 0.05) is 12.2 Å². The summed E-state index contributed by atoms with van der Waals surface area (Å²) in [4.78, 5) is 0. The van der Waals surface area contributed by atoms with E-state index in [1.54, 1.807) is 6.20 Å². The van der Waals surface area contributed by atoms with Crippen molar-refractivity contribution in [3.05, 3.63) is 24.0 Å². The van der Waals surface area contributed by atoms with Gasteiger partial charge in [0.2, 0.25) is 0 Å². The number of nitrogens with one attached hydrogen (secondary N) is 1. The van der Waals surface area contributed by atoms with Crippen LogP contribution in [0.15, 0.2) is 18.5 Å². The maximum absolute atomic E-state index is 3.91. The molecule has 1 atom stereocenters. The zero-order valence-electron chi connectivity index (χ0n) is 9.41. The predicted molar refractivity (Wildman–Crippen MR) is 57.9 cm³/mol. The summed E-state index contributed by atoms with van der Waals surface area (Å²) in [5.74, 6) is 0. The minimum absolute atomic E-state index is 0.193. The van der Waals surface area contributed by atoms with Crippen molar-refractivity contribution >= 4 is 0 Å². The first-order valence-corrected chi connectivity index (χ1v) is 5.05. The molecule has 0 amide bonds. The van der Waals surface area contributed by atoms with E-state index < -0.39 is 0 Å². The van der Waals surface area contributed by atoms with Gasteiger partial charge in [0.1, 0.15) is 0 Å². The summed E-state index contributed by atoms with van der Waals surface area (Å²) in [7, 11) is 0. The molecule has 1 aromatic rings. The molecule has 0 saturated carbocycles. The van der Waals surface area contributed by atoms with Crippen LogP contribution in [0.1, 0.15) is 39.3 Å². The number of rotatable bonds is 3. The quantitative estimate of drug-likeness (QED) is 0.799. The third kappa shape index (κ3) is 2.77. The van der Waals surface area contributed by atoms with E-state index in [1.165, 1.54) is 5.56 Å². The van der Waals surface area contributed by atoms with Crippen LogP contribution in [-0.4, -0.2) is 16.7 Å². The summed E-state index contributed by atoms with van der Waals surface area (Å²) < 4.78 is 0. The number of hydrogen-bond acceptors (Lipinski definition) is 3. The molecule has 0 bridgehead atoms. The molecule has 0 fully saturated rings. The standard InChI is InChI=1S/C11H19N3/c1-5-12-10(11(2,3)4)9-6-7-13-14-8-9/h6-8,10,12H,5H2,1-4H3. The number of nitrogens with zero attached hydrogens (tertiary/aromatic N) is 2. The molecule has 0 aliphatic rings. The topological polar surface area (TPSA) is 37.8 Å². The maximum atomic E-state index is 3.91. The van der Waals surface area contributed by atoms with Crippen molar-refractivity contribution in [1.82, 2.24) is 15.5 Å². The Morgan fingerprint density at radius 1 is 1.36 bits per heavy atom. The Bertz CT molecular complexity index is 264. The normalized spacial score (nSPS) is 14.0. The van der Waals surface area contributed by atoms with Gasteiger partial charge in [-0.1, -0.05) is 27.7 Å². The van der Waals surface area contributed by atoms with Gasteiger partial charge < -0.3 is 5.32 Å². The highest BCUT2D eigenvalue weighted by Crippen LogP contribution is 2.31. The van der Waals surface area contributed by atoms with Gasteiger partial charge >= 0.3 is 0 Å². The zero-order valence-corrected chi connectivity index (χ0v) is 9.41. The van der Waals surface area contributed by atoms with Crippen molar-refractivity contribution in [2.45, 2.75) is 33.7 Å². The van der Waals surface area contributed by atoms with Gasteiger partial charge in [-0.05, 0) is 23.6 Å². The van der Waals surface area contributed by atoms with Crippen LogP contribution in [0.2, 0.25) is 0 Å². The fourth-order valence-corrected chi connectivity index (χ4v) is 1.60. The van der Waals surface area contributed by atoms with Crippen LogP contribution in [0, 0.1) is 5.41 Å². The van der Waals surface area contributed by atoms with Gasteiger partial charge in [-0.25, -0.2) is 0 Å². The number of aromatic nitrogens is 2. The maximum Gasteiger partial charge on any atom is 0.0544 e. The molecule has 1 unspecified atom stereocenters. The molecule has 14 heavy (non-hydrogen) atoms. The van der Waals surface area contributed by atoms with E-state index in [0.717, 1.165) is 6.54 Å². The first-order valence-electron chi connectivity index (χ1n) is 5.05. The van der Waals surface area contributed by atoms with Crippen LogP contribution in [0.4, 0.5) is 0 Å². The predicted octanol–water partition coefficient (Wildman–Crippen LogP) is 2.17. The van der Waals surface area contributed by atoms with E-state index in [1.807, 2.05) is 12.3 Å². The SMILES string of the molecule is CCNC(c1ccnnc1)C(C)(C)C. The lowest BCUT2D eigenvalue weighted by Crippen LogP contribution is -2.32. The Hall–Kier alpha value is -0.960. The van der Waals surface area contributed by atoms with Gasteiger partial charge in [-0.3, -0.25) is 0 Å². The van der Waals surface area contributed by atoms with Gasteiger partial charge in [0.05, 0.1) is 6.20 Å². The molecule has 0 aromatic carbocycles. The van der Waals surface area contributed by atoms with E-state index >= 15 is 0 Å². The zero-order chi connectivity index (χ0) is 10.6. The summed E-state index contributed by atoms with van der Waals surface area (Å²) in [6, 6.07) is 2.36. The molecule has 3 nitrogen and oxygen atoms in total. The van der Waals surface area contributed by atoms with Crippen LogP contribution in [0.3, 0.4) is 0 Å². The summed E-state index contributed by atoms with van der Waals surface area (Å²) in [6.45, 7) is 9.75. The molecule has 1 rings (SSSR count). The minimum Gasteiger partial charge on any atom is -0.310 e. The van der Waals surface area contributed by atoms with Crippen LogP contribution >= 0.6 is 0 Å². The second kappa shape index (κ2) is 4.51. The van der Waals surface area contributed by atoms with Crippen LogP contribution in [0.25, 0.3) is 0 Å². The first-order chi connectivity index (χ1) is 6.55. The van der Waals surface area contributed by atoms with Gasteiger partial charge in [0.25, 0.3) is 0 Å². The first kappa shape index (κ1) is 11.1. The van der Waals surface area contributed by atoms with E-state index in [9.17, 15) is 0 Å². The molecule has 78 valence electrons. The van der Waals surface area contributed by atoms with E-state index in [4.69, 9.17) is 0 Å². The average Bonchev–Trinajstić information content (AvgIpc) is 2.14. The second-order valence-corrected chi connectivity index (χ2v) is 4.53. The van der Waals surface area contributed by atoms with E-state index in [0.29, 0.717) is 6.04 Å². The summed E-state index contributed by atoms with van der Waals surface area (Å²) in [5, 5.41) is 11.2. The molecule has 0 saturated heterocycles. The van der Waals surface area contributed by atoms with Gasteiger partial charge in [0.15, 0.2) is 0 Å². The van der Waals surface area contributed by atoms with Crippen molar-refractivity contribution < 1.29 is 0 Å². The van der Waals surface area contributed by atoms with Crippen LogP contribution in [-0.2, 0) is 0 Å². The molecule has 1 aromatic heterocycles. The molecule has 0 radical (unpaired) electrons. The van der Waals surface area contributed by atoms with Crippen molar-refractivity contribution in [3.63, 3.8) is 0 Å². The molecule has 1 heterocycles. The molecule has 0 aliphatic carbocycles. The van der Waals surface area contributed by atoms with Crippen LogP contribution in [0.5, 0.6) is 0 Å². The Balaban J connectivity index is 2.89. The lowest BCUT2D eigenvalue weighted by atomic mass is 9.83. The fourth-order valence-electron chi connectivity index (χ4n) is 1.60. The third-order valence-corrected chi connectivity index (χ3v) is 2.21. The van der Waals surface area contributed by atoms with E-state index in [-0.39, 0.29) is 5.41 Å². The minimum atomic E-state index is 0.193. The summed E-state index contributed by atoms with van der Waals surface area (Å²) >= 11 is 0. The molecule has 1 N–H and O–H groups in total. The molecular formula is C11H19N3. The highest BCUT2D eigenvalue weighted by molar-refractivity contribution is 5.14. The smallest absolute Gasteiger partial charge is 0.0544 e. The lowest BCUT2D eigenvalue weighted by Gasteiger charge is -2.31. The molecule has 3 heteroatoms. The summed E-state index contributed by atoms with van der Waals surface area (Å²) in [5.41, 5.74) is 1.40. The Kier molecular flexibility index (Phi) is 3.58. The van der Waals surface area contributed by atoms with Crippen molar-refractivity contribution in [3.8, 4) is 0 Å². The number of hydrogen-bond donors (Lipinski definition) is 1. The van der Waals surface area contributed by atoms with Crippen molar-refractivity contribution in [2.75, 3.05) is 6.54 Å². The molecule has 0 spiro atoms. The van der Waals surface area contributed by atoms with Crippen LogP contribution < -0.4 is 5.32 Å². The molecular weight excluding hydrogens is 174 g/mol. The third-order valence-electron chi connectivity index (χ3n) is 2.21. The highest BCUT2D eigenvalue weighted by atomic mass is 15.1. The fraction of sp³-hybridized carbons (Fsp3) is 0.636. The summed E-state index contributed by atoms with van der Waals surface area (Å²) in [6.07, 6.45) is 3.57. The van der Waals surface area contributed by atoms with Crippen molar-refractivity contribution in [2.24, 2.45) is 5.41 Å². The molecule has 0 aliphatic heterocycles. The second-order valence-electron chi connectivity index (χ2n) is 4.53. The largest absolute Gasteiger partial charge is 0.310 e. The van der Waals surface area contributed by atoms with E-state index in [2.05, 4.69) is 43.2 Å². The van der Waals surface area contributed by atoms with Crippen molar-refractivity contribution in [1.29, 1.82) is 0 Å². The Labute approximate surface area is 85.9 Å². The monoisotopic (exact) mass is 193 g/mol.